The minimum Gasteiger partial charge on any atom is -0.508 e. The number of ether oxygens (including phenoxy) is 1. The highest BCUT2D eigenvalue weighted by molar-refractivity contribution is 5.85. The zero-order chi connectivity index (χ0) is 20.1. The van der Waals surface area contributed by atoms with Crippen LogP contribution in [0.5, 0.6) is 11.5 Å². The molecule has 2 heterocycles. The summed E-state index contributed by atoms with van der Waals surface area (Å²) in [5, 5.41) is 9.74. The van der Waals surface area contributed by atoms with Gasteiger partial charge in [-0.3, -0.25) is 9.88 Å². The lowest BCUT2D eigenvalue weighted by atomic mass is 9.97. The lowest BCUT2D eigenvalue weighted by Gasteiger charge is -2.26. The molecule has 0 unspecified atom stereocenters. The normalized spacial score (nSPS) is 14.7. The Morgan fingerprint density at radius 3 is 2.38 bits per heavy atom. The van der Waals surface area contributed by atoms with Crippen LogP contribution in [0.1, 0.15) is 25.0 Å². The summed E-state index contributed by atoms with van der Waals surface area (Å²) in [6, 6.07) is 19.5. The molecule has 0 amide bonds. The molecule has 1 N–H and O–H groups in total. The third-order valence-corrected chi connectivity index (χ3v) is 5.43. The van der Waals surface area contributed by atoms with E-state index in [1.54, 1.807) is 12.1 Å². The molecule has 0 saturated carbocycles. The molecule has 1 fully saturated rings. The molecule has 1 aliphatic heterocycles. The molecule has 3 aromatic rings. The van der Waals surface area contributed by atoms with Gasteiger partial charge < -0.3 is 9.84 Å². The fourth-order valence-corrected chi connectivity index (χ4v) is 3.94. The molecule has 1 aromatic heterocycles. The van der Waals surface area contributed by atoms with Crippen LogP contribution in [-0.4, -0.2) is 41.2 Å². The van der Waals surface area contributed by atoms with Crippen LogP contribution in [0.4, 0.5) is 0 Å². The average molecular weight is 389 g/mol. The quantitative estimate of drug-likeness (QED) is 0.623. The van der Waals surface area contributed by atoms with E-state index < -0.39 is 0 Å². The smallest absolute Gasteiger partial charge is 0.131 e. The highest BCUT2D eigenvalue weighted by atomic mass is 16.5. The van der Waals surface area contributed by atoms with Gasteiger partial charge in [-0.1, -0.05) is 48.9 Å². The van der Waals surface area contributed by atoms with Crippen LogP contribution in [0.3, 0.4) is 0 Å². The van der Waals surface area contributed by atoms with Crippen molar-refractivity contribution in [1.82, 2.24) is 9.88 Å². The van der Waals surface area contributed by atoms with Gasteiger partial charge >= 0.3 is 0 Å². The van der Waals surface area contributed by atoms with E-state index in [1.165, 1.54) is 32.4 Å². The zero-order valence-electron chi connectivity index (χ0n) is 17.0. The Kier molecular flexibility index (Phi) is 6.11. The van der Waals surface area contributed by atoms with Gasteiger partial charge in [0.25, 0.3) is 0 Å². The van der Waals surface area contributed by atoms with Crippen molar-refractivity contribution in [2.24, 2.45) is 0 Å². The summed E-state index contributed by atoms with van der Waals surface area (Å²) in [5.74, 6) is 1.10. The Labute approximate surface area is 172 Å². The molecule has 0 spiro atoms. The third-order valence-electron chi connectivity index (χ3n) is 5.43. The van der Waals surface area contributed by atoms with E-state index in [0.717, 1.165) is 40.4 Å². The number of hydrogen-bond acceptors (Lipinski definition) is 4. The Bertz CT molecular complexity index is 933. The average Bonchev–Trinajstić information content (AvgIpc) is 2.76. The van der Waals surface area contributed by atoms with Crippen LogP contribution < -0.4 is 4.74 Å². The molecular formula is C25H28N2O2. The topological polar surface area (TPSA) is 45.6 Å². The van der Waals surface area contributed by atoms with Gasteiger partial charge in [0.15, 0.2) is 0 Å². The van der Waals surface area contributed by atoms with Crippen molar-refractivity contribution in [1.29, 1.82) is 0 Å². The number of aryl methyl sites for hydroxylation is 1. The number of aromatic hydroxyl groups is 1. The van der Waals surface area contributed by atoms with E-state index in [9.17, 15) is 5.11 Å². The van der Waals surface area contributed by atoms with Gasteiger partial charge in [-0.25, -0.2) is 0 Å². The first-order valence-corrected chi connectivity index (χ1v) is 10.4. The van der Waals surface area contributed by atoms with Gasteiger partial charge in [-0.05, 0) is 50.6 Å². The van der Waals surface area contributed by atoms with Gasteiger partial charge in [0.1, 0.15) is 18.1 Å². The number of piperidine rings is 1. The number of aromatic nitrogens is 1. The first-order valence-electron chi connectivity index (χ1n) is 10.4. The number of phenolic OH excluding ortho intramolecular Hbond substituents is 1. The van der Waals surface area contributed by atoms with Crippen LogP contribution in [0.25, 0.3) is 22.4 Å². The van der Waals surface area contributed by atoms with E-state index >= 15 is 0 Å². The second-order valence-electron chi connectivity index (χ2n) is 7.65. The van der Waals surface area contributed by atoms with Crippen LogP contribution in [0, 0.1) is 6.92 Å². The summed E-state index contributed by atoms with van der Waals surface area (Å²) >= 11 is 0. The first-order chi connectivity index (χ1) is 14.2. The van der Waals surface area contributed by atoms with Gasteiger partial charge in [0.2, 0.25) is 0 Å². The molecule has 4 rings (SSSR count). The van der Waals surface area contributed by atoms with Gasteiger partial charge in [-0.15, -0.1) is 0 Å². The molecule has 150 valence electrons. The van der Waals surface area contributed by atoms with E-state index in [2.05, 4.69) is 17.0 Å². The predicted octanol–water partition coefficient (Wildman–Crippen LogP) is 5.29. The predicted molar refractivity (Wildman–Crippen MR) is 117 cm³/mol. The number of nitrogens with zero attached hydrogens (tertiary/aromatic N) is 2. The molecule has 0 bridgehead atoms. The lowest BCUT2D eigenvalue weighted by Crippen LogP contribution is -2.33. The van der Waals surface area contributed by atoms with Crippen LogP contribution in [0.2, 0.25) is 0 Å². The molecular weight excluding hydrogens is 360 g/mol. The maximum absolute atomic E-state index is 9.74. The second kappa shape index (κ2) is 9.10. The second-order valence-corrected chi connectivity index (χ2v) is 7.65. The molecule has 4 nitrogen and oxygen atoms in total. The van der Waals surface area contributed by atoms with Crippen molar-refractivity contribution in [3.63, 3.8) is 0 Å². The summed E-state index contributed by atoms with van der Waals surface area (Å²) in [7, 11) is 0. The van der Waals surface area contributed by atoms with Gasteiger partial charge in [-0.2, -0.15) is 0 Å². The zero-order valence-corrected chi connectivity index (χ0v) is 17.0. The number of hydrogen-bond donors (Lipinski definition) is 1. The van der Waals surface area contributed by atoms with E-state index in [0.29, 0.717) is 6.61 Å². The fraction of sp³-hybridized carbons (Fsp3) is 0.320. The molecule has 4 heteroatoms. The van der Waals surface area contributed by atoms with Crippen molar-refractivity contribution in [3.8, 4) is 33.9 Å². The van der Waals surface area contributed by atoms with Gasteiger partial charge in [0.05, 0.1) is 11.3 Å². The third kappa shape index (κ3) is 4.77. The Hall–Kier alpha value is -2.85. The molecule has 29 heavy (non-hydrogen) atoms. The van der Waals surface area contributed by atoms with E-state index in [4.69, 9.17) is 9.72 Å². The molecule has 1 saturated heterocycles. The Morgan fingerprint density at radius 1 is 0.931 bits per heavy atom. The Morgan fingerprint density at radius 2 is 1.66 bits per heavy atom. The van der Waals surface area contributed by atoms with E-state index in [1.807, 2.05) is 43.3 Å². The van der Waals surface area contributed by atoms with Gasteiger partial charge in [0, 0.05) is 23.9 Å². The SMILES string of the molecule is Cc1cc(OCCN2CCCCC2)c(-c2ccc(O)cc2)c(-c2ccccc2)n1. The number of likely N-dealkylation sites (tertiary alicyclic amines) is 1. The van der Waals surface area contributed by atoms with Crippen molar-refractivity contribution >= 4 is 0 Å². The first kappa shape index (κ1) is 19.5. The summed E-state index contributed by atoms with van der Waals surface area (Å²) in [5.41, 5.74) is 4.85. The van der Waals surface area contributed by atoms with Crippen LogP contribution >= 0.6 is 0 Å². The van der Waals surface area contributed by atoms with Crippen LogP contribution in [-0.2, 0) is 0 Å². The summed E-state index contributed by atoms with van der Waals surface area (Å²) in [4.78, 5) is 7.33. The number of benzene rings is 2. The summed E-state index contributed by atoms with van der Waals surface area (Å²) < 4.78 is 6.32. The minimum absolute atomic E-state index is 0.252. The highest BCUT2D eigenvalue weighted by Gasteiger charge is 2.17. The molecule has 0 atom stereocenters. The lowest BCUT2D eigenvalue weighted by molar-refractivity contribution is 0.183. The van der Waals surface area contributed by atoms with Crippen molar-refractivity contribution in [2.75, 3.05) is 26.2 Å². The standard InChI is InChI=1S/C25H28N2O2/c1-19-18-23(29-17-16-27-14-6-3-7-15-27)24(20-10-12-22(28)13-11-20)25(26-19)21-8-4-2-5-9-21/h2,4-5,8-13,18,28H,3,6-7,14-17H2,1H3. The number of rotatable bonds is 6. The van der Waals surface area contributed by atoms with Crippen molar-refractivity contribution in [2.45, 2.75) is 26.2 Å². The maximum Gasteiger partial charge on any atom is 0.131 e. The molecule has 1 aliphatic rings. The summed E-state index contributed by atoms with van der Waals surface area (Å²) in [6.07, 6.45) is 3.91. The molecule has 0 radical (unpaired) electrons. The Balaban J connectivity index is 1.69. The monoisotopic (exact) mass is 388 g/mol. The molecule has 0 aliphatic carbocycles. The van der Waals surface area contributed by atoms with Crippen molar-refractivity contribution in [3.05, 3.63) is 66.4 Å². The van der Waals surface area contributed by atoms with Crippen LogP contribution in [0.15, 0.2) is 60.7 Å². The maximum atomic E-state index is 9.74. The number of pyridine rings is 1. The molecule has 2 aromatic carbocycles. The minimum atomic E-state index is 0.252. The fourth-order valence-electron chi connectivity index (χ4n) is 3.94. The highest BCUT2D eigenvalue weighted by Crippen LogP contribution is 2.39. The van der Waals surface area contributed by atoms with Crippen molar-refractivity contribution < 1.29 is 9.84 Å². The largest absolute Gasteiger partial charge is 0.508 e. The summed E-state index contributed by atoms with van der Waals surface area (Å²) in [6.45, 7) is 5.93. The number of phenols is 1. The van der Waals surface area contributed by atoms with E-state index in [-0.39, 0.29) is 5.75 Å².